The Labute approximate surface area is 460 Å². The van der Waals surface area contributed by atoms with Gasteiger partial charge in [-0.2, -0.15) is 0 Å². The lowest BCUT2D eigenvalue weighted by molar-refractivity contribution is -0.373. The van der Waals surface area contributed by atoms with Crippen molar-refractivity contribution in [3.63, 3.8) is 0 Å². The highest BCUT2D eigenvalue weighted by atomic mass is 16.8. The molecule has 5 unspecified atom stereocenters. The summed E-state index contributed by atoms with van der Waals surface area (Å²) < 4.78 is 57.5. The zero-order chi connectivity index (χ0) is 56.8. The number of carbonyl (C=O) groups excluding carboxylic acids is 2. The lowest BCUT2D eigenvalue weighted by atomic mass is 9.36. The average molecular weight is 1120 g/mol. The third-order valence-electron chi connectivity index (χ3n) is 20.5. The van der Waals surface area contributed by atoms with Crippen molar-refractivity contribution in [1.82, 2.24) is 0 Å². The standard InChI is InChI=1S/C58H82O21/c1-29(2)20-33-23-55(5,70)50-34-13-14-38-53(3)17-7-18-56(6,39(53)16-19-54(38,4)57(34)27-58(50,78-33)72-28-57)79-51-49(74-36-21-31(24-59)43(66)44(36)67)47(35(61)26-71-51)77-52-48(46(69)45(68)37(25-60)75-52)76-41(64)15-10-30-8-11-32(12-9-30)73-42(65)22-40(62)63/h8-12,15,20,31,33-39,43-52,59-61,66-70H,7,13-14,16-19,21-28H2,1-6H3,(H,62,63)/b15-10+/t31-,33+,34?,35+,36+,37-,38?,39?,43-,44-,45-,46+,47+,48-,49-,50?,51-,52?,53-,54-,55+,56+,57+,58+/m1/s1. The van der Waals surface area contributed by atoms with Crippen molar-refractivity contribution in [3.05, 3.63) is 47.6 Å². The topological polar surface area (TPSA) is 316 Å². The second-order valence-corrected chi connectivity index (χ2v) is 25.6. The second-order valence-electron chi connectivity index (χ2n) is 25.6. The fraction of sp³-hybridized carbons (Fsp3) is 0.776. The smallest absolute Gasteiger partial charge is 0.331 e. The number of aliphatic hydroxyl groups is 8. The number of esters is 2. The lowest BCUT2D eigenvalue weighted by Gasteiger charge is -2.70. The maximum Gasteiger partial charge on any atom is 0.331 e. The number of ether oxygens (including phenoxy) is 9. The average Bonchev–Trinajstić information content (AvgIpc) is 2.11. The molecule has 9 fully saturated rings. The maximum absolute atomic E-state index is 13.5. The Hall–Kier alpha value is -3.49. The van der Waals surface area contributed by atoms with E-state index in [2.05, 4.69) is 26.8 Å². The van der Waals surface area contributed by atoms with Crippen LogP contribution in [0.25, 0.3) is 6.08 Å². The van der Waals surface area contributed by atoms with Gasteiger partial charge in [-0.15, -0.1) is 0 Å². The lowest BCUT2D eigenvalue weighted by Crippen LogP contribution is -2.68. The summed E-state index contributed by atoms with van der Waals surface area (Å²) in [6.07, 6.45) is -7.74. The number of carbonyl (C=O) groups is 3. The van der Waals surface area contributed by atoms with Gasteiger partial charge in [0.15, 0.2) is 24.5 Å². The van der Waals surface area contributed by atoms with E-state index >= 15 is 0 Å². The number of rotatable bonds is 15. The molecule has 5 aliphatic carbocycles. The summed E-state index contributed by atoms with van der Waals surface area (Å²) in [5.74, 6) is -4.62. The molecule has 2 spiro atoms. The van der Waals surface area contributed by atoms with Gasteiger partial charge in [-0.1, -0.05) is 44.1 Å². The predicted octanol–water partition coefficient (Wildman–Crippen LogP) is 2.67. The van der Waals surface area contributed by atoms with E-state index in [0.29, 0.717) is 25.0 Å². The molecule has 0 radical (unpaired) electrons. The van der Waals surface area contributed by atoms with Crippen LogP contribution in [-0.2, 0) is 52.3 Å². The first-order valence-electron chi connectivity index (χ1n) is 28.3. The van der Waals surface area contributed by atoms with E-state index in [1.54, 1.807) is 0 Å². The van der Waals surface area contributed by atoms with Gasteiger partial charge < -0.3 is 88.6 Å². The molecule has 1 aromatic carbocycles. The first-order valence-corrected chi connectivity index (χ1v) is 28.3. The molecule has 4 aliphatic heterocycles. The van der Waals surface area contributed by atoms with Gasteiger partial charge in [0.2, 0.25) is 0 Å². The molecule has 2 bridgehead atoms. The van der Waals surface area contributed by atoms with E-state index in [1.807, 2.05) is 20.8 Å². The van der Waals surface area contributed by atoms with Crippen LogP contribution in [0.2, 0.25) is 0 Å². The molecular weight excluding hydrogens is 1030 g/mol. The molecule has 0 amide bonds. The number of aliphatic carboxylic acids is 1. The molecule has 9 N–H and O–H groups in total. The number of aliphatic hydroxyl groups excluding tert-OH is 7. The number of benzene rings is 1. The first-order chi connectivity index (χ1) is 37.3. The summed E-state index contributed by atoms with van der Waals surface area (Å²) in [6.45, 7) is 12.0. The Kier molecular flexibility index (Phi) is 16.3. The van der Waals surface area contributed by atoms with Crippen LogP contribution in [-0.4, -0.2) is 187 Å². The van der Waals surface area contributed by atoms with Gasteiger partial charge in [0.05, 0.1) is 49.3 Å². The highest BCUT2D eigenvalue weighted by Crippen LogP contribution is 2.80. The Balaban J connectivity index is 0.905. The summed E-state index contributed by atoms with van der Waals surface area (Å²) in [6, 6.07) is 5.73. The van der Waals surface area contributed by atoms with Crippen LogP contribution < -0.4 is 4.74 Å². The van der Waals surface area contributed by atoms with Gasteiger partial charge in [0.25, 0.3) is 0 Å². The van der Waals surface area contributed by atoms with Crippen molar-refractivity contribution in [2.45, 2.75) is 209 Å². The molecule has 21 heteroatoms. The summed E-state index contributed by atoms with van der Waals surface area (Å²) in [5, 5.41) is 98.4. The first kappa shape index (κ1) is 58.7. The molecule has 21 nitrogen and oxygen atoms in total. The number of hydrogen-bond acceptors (Lipinski definition) is 20. The van der Waals surface area contributed by atoms with E-state index in [4.69, 9.17) is 47.7 Å². The van der Waals surface area contributed by atoms with E-state index < -0.39 is 134 Å². The monoisotopic (exact) mass is 1110 g/mol. The summed E-state index contributed by atoms with van der Waals surface area (Å²) >= 11 is 0. The molecule has 4 saturated heterocycles. The van der Waals surface area contributed by atoms with Crippen molar-refractivity contribution in [3.8, 4) is 5.75 Å². The van der Waals surface area contributed by atoms with Crippen LogP contribution in [0.1, 0.15) is 118 Å². The Morgan fingerprint density at radius 2 is 1.57 bits per heavy atom. The molecule has 0 aromatic heterocycles. The van der Waals surface area contributed by atoms with Crippen molar-refractivity contribution < 1.29 is 103 Å². The van der Waals surface area contributed by atoms with Gasteiger partial charge in [0, 0.05) is 42.8 Å². The largest absolute Gasteiger partial charge is 0.481 e. The van der Waals surface area contributed by atoms with Gasteiger partial charge in [0.1, 0.15) is 54.9 Å². The van der Waals surface area contributed by atoms with Crippen LogP contribution in [0.5, 0.6) is 5.75 Å². The number of allylic oxidation sites excluding steroid dienone is 1. The molecule has 79 heavy (non-hydrogen) atoms. The number of carboxylic acids is 1. The quantitative estimate of drug-likeness (QED) is 0.0401. The minimum absolute atomic E-state index is 0.00552. The molecule has 9 aliphatic rings. The number of hydrogen-bond donors (Lipinski definition) is 9. The van der Waals surface area contributed by atoms with Gasteiger partial charge in [-0.3, -0.25) is 9.59 Å². The second kappa shape index (κ2) is 21.9. The van der Waals surface area contributed by atoms with Crippen LogP contribution in [0, 0.1) is 45.8 Å². The van der Waals surface area contributed by atoms with Crippen LogP contribution >= 0.6 is 0 Å². The van der Waals surface area contributed by atoms with Crippen molar-refractivity contribution in [2.24, 2.45) is 45.8 Å². The highest BCUT2D eigenvalue weighted by molar-refractivity contribution is 5.91. The SMILES string of the molecule is CC(C)=C[C@H]1C[C@](C)(O)C2C3CCC4[C@@]5(C)CCC[C@](C)(O[C@H]6OC[C@H](O)[C@H](OC7O[C@H](CO)[C@@H](O)[C@H](O)[C@H]7OC(=O)/C=C/c7ccc(OC(=O)CC(=O)O)cc7)[C@H]6O[C@H]6C[C@H](CO)[C@@H](O)[C@@H]6O)C5CC[C@@]4(C)[C@@]34CO[C@@]2(C4)O1. The number of fused-ring (bicyclic) bond motifs is 4. The fourth-order valence-electron chi connectivity index (χ4n) is 17.2. The molecule has 24 atom stereocenters. The molecule has 1 aromatic rings. The van der Waals surface area contributed by atoms with E-state index in [-0.39, 0.29) is 64.8 Å². The third-order valence-corrected chi connectivity index (χ3v) is 20.5. The van der Waals surface area contributed by atoms with Crippen LogP contribution in [0.4, 0.5) is 0 Å². The van der Waals surface area contributed by atoms with Gasteiger partial charge in [-0.25, -0.2) is 4.79 Å². The van der Waals surface area contributed by atoms with Gasteiger partial charge >= 0.3 is 17.9 Å². The molecule has 4 heterocycles. The van der Waals surface area contributed by atoms with E-state index in [9.17, 15) is 55.2 Å². The highest BCUT2D eigenvalue weighted by Gasteiger charge is 2.81. The minimum atomic E-state index is -1.89. The summed E-state index contributed by atoms with van der Waals surface area (Å²) in [5.41, 5.74) is -0.918. The molecule has 10 rings (SSSR count). The number of carboxylic acid groups (broad SMARTS) is 1. The summed E-state index contributed by atoms with van der Waals surface area (Å²) in [7, 11) is 0. The minimum Gasteiger partial charge on any atom is -0.481 e. The Morgan fingerprint density at radius 1 is 0.823 bits per heavy atom. The Bertz CT molecular complexity index is 2460. The van der Waals surface area contributed by atoms with Gasteiger partial charge in [-0.05, 0) is 125 Å². The normalized spacial score (nSPS) is 48.1. The molecule has 440 valence electrons. The zero-order valence-electron chi connectivity index (χ0n) is 46.0. The van der Waals surface area contributed by atoms with Crippen LogP contribution in [0.3, 0.4) is 0 Å². The summed E-state index contributed by atoms with van der Waals surface area (Å²) in [4.78, 5) is 36.2. The maximum atomic E-state index is 13.5. The van der Waals surface area contributed by atoms with Crippen molar-refractivity contribution >= 4 is 24.0 Å². The van der Waals surface area contributed by atoms with E-state index in [1.165, 1.54) is 30.3 Å². The van der Waals surface area contributed by atoms with Crippen molar-refractivity contribution in [2.75, 3.05) is 26.4 Å². The fourth-order valence-corrected chi connectivity index (χ4v) is 17.2. The zero-order valence-corrected chi connectivity index (χ0v) is 46.0. The predicted molar refractivity (Wildman–Crippen MR) is 275 cm³/mol. The van der Waals surface area contributed by atoms with E-state index in [0.717, 1.165) is 56.6 Å². The van der Waals surface area contributed by atoms with Crippen molar-refractivity contribution in [1.29, 1.82) is 0 Å². The molecule has 5 saturated carbocycles. The third kappa shape index (κ3) is 10.4. The Morgan fingerprint density at radius 3 is 2.25 bits per heavy atom. The molecular formula is C58H82O21. The van der Waals surface area contributed by atoms with Crippen LogP contribution in [0.15, 0.2) is 42.0 Å².